The average molecular weight is 421 g/mol. The van der Waals surface area contributed by atoms with Crippen LogP contribution in [0.4, 0.5) is 5.69 Å². The van der Waals surface area contributed by atoms with Crippen LogP contribution < -0.4 is 20.3 Å². The van der Waals surface area contributed by atoms with E-state index in [1.165, 1.54) is 28.9 Å². The van der Waals surface area contributed by atoms with Crippen molar-refractivity contribution in [2.75, 3.05) is 12.4 Å². The molecule has 4 rings (SSSR count). The zero-order chi connectivity index (χ0) is 21.1. The van der Waals surface area contributed by atoms with Crippen LogP contribution in [0.5, 0.6) is 11.5 Å². The molecule has 0 saturated carbocycles. The van der Waals surface area contributed by atoms with Crippen molar-refractivity contribution in [3.05, 3.63) is 87.3 Å². The lowest BCUT2D eigenvalue weighted by molar-refractivity contribution is 0.102. The molecule has 2 aromatic heterocycles. The molecule has 0 aliphatic heterocycles. The zero-order valence-electron chi connectivity index (χ0n) is 16.4. The molecule has 1 N–H and O–H groups in total. The van der Waals surface area contributed by atoms with E-state index in [-0.39, 0.29) is 18.1 Å². The number of hydrogen-bond acceptors (Lipinski definition) is 6. The third-order valence-electron chi connectivity index (χ3n) is 4.47. The maximum Gasteiger partial charge on any atom is 0.259 e. The minimum Gasteiger partial charge on any atom is -0.496 e. The van der Waals surface area contributed by atoms with Gasteiger partial charge in [-0.1, -0.05) is 18.2 Å². The number of para-hydroxylation sites is 1. The quantitative estimate of drug-likeness (QED) is 0.511. The minimum absolute atomic E-state index is 0.101. The molecule has 0 saturated heterocycles. The number of aromatic nitrogens is 2. The Labute approximate surface area is 176 Å². The van der Waals surface area contributed by atoms with Gasteiger partial charge in [-0.15, -0.1) is 11.3 Å². The van der Waals surface area contributed by atoms with Crippen molar-refractivity contribution in [2.24, 2.45) is 0 Å². The van der Waals surface area contributed by atoms with Gasteiger partial charge < -0.3 is 14.8 Å². The topological polar surface area (TPSA) is 81.9 Å². The number of hydrogen-bond donors (Lipinski definition) is 1. The van der Waals surface area contributed by atoms with Crippen molar-refractivity contribution < 1.29 is 14.3 Å². The lowest BCUT2D eigenvalue weighted by Gasteiger charge is -2.14. The number of nitrogens with one attached hydrogen (secondary N) is 1. The minimum atomic E-state index is -0.306. The van der Waals surface area contributed by atoms with Crippen LogP contribution in [0, 0.1) is 6.92 Å². The van der Waals surface area contributed by atoms with Crippen molar-refractivity contribution in [1.29, 1.82) is 0 Å². The number of rotatable bonds is 6. The van der Waals surface area contributed by atoms with Crippen molar-refractivity contribution >= 4 is 27.9 Å². The number of methoxy groups -OCH3 is 1. The molecule has 30 heavy (non-hydrogen) atoms. The predicted molar refractivity (Wildman–Crippen MR) is 116 cm³/mol. The van der Waals surface area contributed by atoms with E-state index in [0.717, 1.165) is 5.56 Å². The molecule has 0 atom stereocenters. The highest BCUT2D eigenvalue weighted by molar-refractivity contribution is 7.15. The van der Waals surface area contributed by atoms with Gasteiger partial charge in [-0.3, -0.25) is 14.0 Å². The van der Waals surface area contributed by atoms with E-state index in [1.54, 1.807) is 41.9 Å². The first kappa shape index (κ1) is 19.7. The van der Waals surface area contributed by atoms with Crippen LogP contribution in [0.1, 0.15) is 21.6 Å². The van der Waals surface area contributed by atoms with Gasteiger partial charge in [0.05, 0.1) is 24.1 Å². The molecule has 152 valence electrons. The number of benzene rings is 2. The number of thiazole rings is 1. The van der Waals surface area contributed by atoms with Gasteiger partial charge in [-0.05, 0) is 36.8 Å². The maximum absolute atomic E-state index is 12.8. The molecule has 4 aromatic rings. The number of aryl methyl sites for hydroxylation is 1. The number of ether oxygens (including phenoxy) is 2. The number of carbonyl (C=O) groups is 1. The van der Waals surface area contributed by atoms with E-state index in [1.807, 2.05) is 19.1 Å². The largest absolute Gasteiger partial charge is 0.496 e. The first-order chi connectivity index (χ1) is 14.5. The van der Waals surface area contributed by atoms with E-state index >= 15 is 0 Å². The summed E-state index contributed by atoms with van der Waals surface area (Å²) in [6.45, 7) is 2.03. The van der Waals surface area contributed by atoms with Crippen LogP contribution in [0.15, 0.2) is 64.9 Å². The number of amides is 1. The van der Waals surface area contributed by atoms with Gasteiger partial charge in [0.25, 0.3) is 11.5 Å². The summed E-state index contributed by atoms with van der Waals surface area (Å²) in [6, 6.07) is 13.9. The van der Waals surface area contributed by atoms with Crippen molar-refractivity contribution in [2.45, 2.75) is 13.5 Å². The van der Waals surface area contributed by atoms with Gasteiger partial charge in [0, 0.05) is 17.6 Å². The van der Waals surface area contributed by atoms with Crippen LogP contribution >= 0.6 is 11.3 Å². The van der Waals surface area contributed by atoms with E-state index in [2.05, 4.69) is 10.3 Å². The van der Waals surface area contributed by atoms with Crippen LogP contribution in [-0.4, -0.2) is 22.4 Å². The average Bonchev–Trinajstić information content (AvgIpc) is 3.22. The lowest BCUT2D eigenvalue weighted by atomic mass is 10.1. The number of nitrogens with zero attached hydrogens (tertiary/aromatic N) is 2. The van der Waals surface area contributed by atoms with Crippen molar-refractivity contribution in [1.82, 2.24) is 9.38 Å². The van der Waals surface area contributed by atoms with E-state index < -0.39 is 0 Å². The molecular weight excluding hydrogens is 402 g/mol. The third-order valence-corrected chi connectivity index (χ3v) is 5.22. The van der Waals surface area contributed by atoms with Crippen molar-refractivity contribution in [3.8, 4) is 11.5 Å². The smallest absolute Gasteiger partial charge is 0.259 e. The maximum atomic E-state index is 12.8. The standard InChI is InChI=1S/C22H19N3O4S/c1-14-7-8-19(29-13-15-12-20(26)25-9-10-30-22(25)23-15)17(11-14)24-21(27)16-5-3-4-6-18(16)28-2/h3-12H,13H2,1-2H3,(H,24,27). The SMILES string of the molecule is COc1ccccc1C(=O)Nc1cc(C)ccc1OCc1cc(=O)n2ccsc2n1. The Kier molecular flexibility index (Phi) is 5.49. The third kappa shape index (κ3) is 4.04. The van der Waals surface area contributed by atoms with Gasteiger partial charge in [-0.2, -0.15) is 0 Å². The Morgan fingerprint density at radius 3 is 2.83 bits per heavy atom. The molecule has 0 unspecified atom stereocenters. The molecule has 0 fully saturated rings. The Morgan fingerprint density at radius 2 is 2.00 bits per heavy atom. The first-order valence-electron chi connectivity index (χ1n) is 9.19. The second-order valence-corrected chi connectivity index (χ2v) is 7.46. The van der Waals surface area contributed by atoms with E-state index in [9.17, 15) is 9.59 Å². The fourth-order valence-corrected chi connectivity index (χ4v) is 3.74. The fraction of sp³-hybridized carbons (Fsp3) is 0.136. The molecular formula is C22H19N3O4S. The summed E-state index contributed by atoms with van der Waals surface area (Å²) in [7, 11) is 1.52. The van der Waals surface area contributed by atoms with Gasteiger partial charge in [0.1, 0.15) is 18.1 Å². The highest BCUT2D eigenvalue weighted by atomic mass is 32.1. The monoisotopic (exact) mass is 421 g/mol. The van der Waals surface area contributed by atoms with Gasteiger partial charge in [0.2, 0.25) is 0 Å². The predicted octanol–water partition coefficient (Wildman–Crippen LogP) is 3.90. The Hall–Kier alpha value is -3.65. The summed E-state index contributed by atoms with van der Waals surface area (Å²) in [5.41, 5.74) is 2.28. The second kappa shape index (κ2) is 8.38. The highest BCUT2D eigenvalue weighted by Crippen LogP contribution is 2.28. The lowest BCUT2D eigenvalue weighted by Crippen LogP contribution is -2.15. The number of anilines is 1. The summed E-state index contributed by atoms with van der Waals surface area (Å²) >= 11 is 1.38. The molecule has 8 heteroatoms. The molecule has 2 heterocycles. The zero-order valence-corrected chi connectivity index (χ0v) is 17.2. The first-order valence-corrected chi connectivity index (χ1v) is 10.1. The van der Waals surface area contributed by atoms with Gasteiger partial charge in [-0.25, -0.2) is 4.98 Å². The summed E-state index contributed by atoms with van der Waals surface area (Å²) in [6.07, 6.45) is 1.69. The van der Waals surface area contributed by atoms with Crippen LogP contribution in [0.2, 0.25) is 0 Å². The Bertz CT molecular complexity index is 1280. The molecule has 0 bridgehead atoms. The normalized spacial score (nSPS) is 10.7. The van der Waals surface area contributed by atoms with E-state index in [0.29, 0.717) is 33.4 Å². The Balaban J connectivity index is 1.57. The molecule has 0 radical (unpaired) electrons. The fourth-order valence-electron chi connectivity index (χ4n) is 3.00. The molecule has 0 spiro atoms. The van der Waals surface area contributed by atoms with Crippen molar-refractivity contribution in [3.63, 3.8) is 0 Å². The van der Waals surface area contributed by atoms with Gasteiger partial charge >= 0.3 is 0 Å². The highest BCUT2D eigenvalue weighted by Gasteiger charge is 2.15. The Morgan fingerprint density at radius 1 is 1.17 bits per heavy atom. The van der Waals surface area contributed by atoms with Crippen LogP contribution in [0.25, 0.3) is 4.96 Å². The number of fused-ring (bicyclic) bond motifs is 1. The summed E-state index contributed by atoms with van der Waals surface area (Å²) in [5, 5.41) is 4.69. The molecule has 2 aromatic carbocycles. The molecule has 0 aliphatic rings. The van der Waals surface area contributed by atoms with Crippen LogP contribution in [0.3, 0.4) is 0 Å². The van der Waals surface area contributed by atoms with E-state index in [4.69, 9.17) is 9.47 Å². The van der Waals surface area contributed by atoms with Crippen LogP contribution in [-0.2, 0) is 6.61 Å². The molecule has 7 nitrogen and oxygen atoms in total. The summed E-state index contributed by atoms with van der Waals surface area (Å²) < 4.78 is 12.7. The summed E-state index contributed by atoms with van der Waals surface area (Å²) in [5.74, 6) is 0.662. The molecule has 0 aliphatic carbocycles. The second-order valence-electron chi connectivity index (χ2n) is 6.58. The summed E-state index contributed by atoms with van der Waals surface area (Å²) in [4.78, 5) is 30.0. The molecule has 1 amide bonds. The van der Waals surface area contributed by atoms with Gasteiger partial charge in [0.15, 0.2) is 4.96 Å². The number of carbonyl (C=O) groups excluding carboxylic acids is 1.